The number of rotatable bonds is 0. The zero-order chi connectivity index (χ0) is 23.1. The predicted octanol–water partition coefficient (Wildman–Crippen LogP) is 5.68. The molecule has 6 bridgehead atoms. The second-order valence-electron chi connectivity index (χ2n) is 10.7. The van der Waals surface area contributed by atoms with Gasteiger partial charge in [-0.05, 0) is 92.2 Å². The number of aryl methyl sites for hydroxylation is 1. The minimum Gasteiger partial charge on any atom is -0.299 e. The highest BCUT2D eigenvalue weighted by Gasteiger charge is 2.32. The van der Waals surface area contributed by atoms with Crippen LogP contribution in [-0.4, -0.2) is 21.9 Å². The number of hydrogen-bond acceptors (Lipinski definition) is 4. The van der Waals surface area contributed by atoms with Crippen LogP contribution < -0.4 is 10.9 Å². The van der Waals surface area contributed by atoms with Crippen molar-refractivity contribution in [2.24, 2.45) is 11.8 Å². The molecular formula is C28H34N4O2. The summed E-state index contributed by atoms with van der Waals surface area (Å²) in [5.41, 5.74) is 13.8. The first-order valence-electron chi connectivity index (χ1n) is 13.2. The highest BCUT2D eigenvalue weighted by atomic mass is 16.2. The van der Waals surface area contributed by atoms with Gasteiger partial charge in [-0.2, -0.15) is 5.10 Å². The molecule has 6 rings (SSSR count). The van der Waals surface area contributed by atoms with Crippen LogP contribution in [0.3, 0.4) is 0 Å². The van der Waals surface area contributed by atoms with Crippen molar-refractivity contribution < 1.29 is 9.59 Å². The van der Waals surface area contributed by atoms with Crippen molar-refractivity contribution in [2.75, 3.05) is 5.43 Å². The summed E-state index contributed by atoms with van der Waals surface area (Å²) in [4.78, 5) is 25.7. The predicted molar refractivity (Wildman–Crippen MR) is 133 cm³/mol. The molecule has 3 N–H and O–H groups in total. The number of nitrogens with zero attached hydrogens (tertiary/aromatic N) is 1. The maximum absolute atomic E-state index is 12.9. The highest BCUT2D eigenvalue weighted by Crippen LogP contribution is 2.46. The Bertz CT molecular complexity index is 1150. The lowest BCUT2D eigenvalue weighted by Gasteiger charge is -2.27. The van der Waals surface area contributed by atoms with Crippen molar-refractivity contribution in [3.8, 4) is 11.3 Å². The van der Waals surface area contributed by atoms with E-state index in [9.17, 15) is 9.59 Å². The largest absolute Gasteiger partial charge is 0.299 e. The third kappa shape index (κ3) is 4.08. The van der Waals surface area contributed by atoms with E-state index in [0.29, 0.717) is 30.4 Å². The summed E-state index contributed by atoms with van der Waals surface area (Å²) >= 11 is 0. The average molecular weight is 459 g/mol. The molecule has 6 nitrogen and oxygen atoms in total. The summed E-state index contributed by atoms with van der Waals surface area (Å²) in [7, 11) is 0. The number of carbonyl (C=O) groups excluding carboxylic acids is 2. The van der Waals surface area contributed by atoms with Crippen LogP contribution in [0.1, 0.15) is 93.2 Å². The molecule has 1 aromatic heterocycles. The smallest absolute Gasteiger partial charge is 0.241 e. The Morgan fingerprint density at radius 1 is 0.824 bits per heavy atom. The van der Waals surface area contributed by atoms with Crippen molar-refractivity contribution in [3.63, 3.8) is 0 Å². The fourth-order valence-electron chi connectivity index (χ4n) is 6.62. The number of H-pyrrole nitrogens is 1. The number of anilines is 1. The Morgan fingerprint density at radius 3 is 2.62 bits per heavy atom. The third-order valence-electron chi connectivity index (χ3n) is 8.42. The maximum Gasteiger partial charge on any atom is 0.241 e. The third-order valence-corrected chi connectivity index (χ3v) is 8.42. The molecule has 34 heavy (non-hydrogen) atoms. The summed E-state index contributed by atoms with van der Waals surface area (Å²) in [5, 5.41) is 7.56. The SMILES string of the molecule is O=C1CCCCC2=CC3CCCCc4cc(cc2c43)-c2cc(n[nH]2)NNC(=O)C2CCCC1C2. The summed E-state index contributed by atoms with van der Waals surface area (Å²) in [5.74, 6) is 1.37. The fraction of sp³-hybridized carbons (Fsp3) is 0.536. The number of benzene rings is 1. The molecule has 1 amide bonds. The van der Waals surface area contributed by atoms with Crippen LogP contribution in [0.15, 0.2) is 24.3 Å². The lowest BCUT2D eigenvalue weighted by molar-refractivity contribution is -0.128. The van der Waals surface area contributed by atoms with Gasteiger partial charge in [0.25, 0.3) is 0 Å². The van der Waals surface area contributed by atoms with Crippen LogP contribution in [0.2, 0.25) is 0 Å². The topological polar surface area (TPSA) is 86.9 Å². The van der Waals surface area contributed by atoms with E-state index in [4.69, 9.17) is 0 Å². The van der Waals surface area contributed by atoms with Gasteiger partial charge in [-0.3, -0.25) is 25.5 Å². The first kappa shape index (κ1) is 21.6. The molecule has 4 aliphatic rings. The van der Waals surface area contributed by atoms with E-state index in [1.165, 1.54) is 36.0 Å². The number of aromatic amines is 1. The van der Waals surface area contributed by atoms with Crippen LogP contribution in [0, 0.1) is 11.8 Å². The van der Waals surface area contributed by atoms with Gasteiger partial charge >= 0.3 is 0 Å². The number of hydrazine groups is 1. The van der Waals surface area contributed by atoms with E-state index < -0.39 is 0 Å². The molecule has 3 aliphatic carbocycles. The zero-order valence-electron chi connectivity index (χ0n) is 19.8. The monoisotopic (exact) mass is 458 g/mol. The van der Waals surface area contributed by atoms with Crippen LogP contribution in [0.5, 0.6) is 0 Å². The van der Waals surface area contributed by atoms with E-state index in [1.807, 2.05) is 6.07 Å². The molecule has 178 valence electrons. The molecular weight excluding hydrogens is 424 g/mol. The van der Waals surface area contributed by atoms with Crippen molar-refractivity contribution in [1.82, 2.24) is 15.6 Å². The molecule has 1 fully saturated rings. The molecule has 0 saturated heterocycles. The van der Waals surface area contributed by atoms with E-state index in [1.54, 1.807) is 5.56 Å². The Kier molecular flexibility index (Phi) is 5.75. The minimum atomic E-state index is -0.115. The molecule has 1 saturated carbocycles. The van der Waals surface area contributed by atoms with Crippen molar-refractivity contribution in [3.05, 3.63) is 41.0 Å². The zero-order valence-corrected chi connectivity index (χ0v) is 19.8. The van der Waals surface area contributed by atoms with Gasteiger partial charge in [0, 0.05) is 35.8 Å². The van der Waals surface area contributed by atoms with Gasteiger partial charge in [-0.25, -0.2) is 0 Å². The van der Waals surface area contributed by atoms with Crippen LogP contribution in [-0.2, 0) is 16.0 Å². The first-order chi connectivity index (χ1) is 16.7. The molecule has 0 radical (unpaired) electrons. The molecule has 2 aromatic rings. The van der Waals surface area contributed by atoms with E-state index in [-0.39, 0.29) is 17.7 Å². The number of hydrogen-bond donors (Lipinski definition) is 3. The Morgan fingerprint density at radius 2 is 1.68 bits per heavy atom. The molecule has 3 unspecified atom stereocenters. The van der Waals surface area contributed by atoms with Crippen LogP contribution in [0.4, 0.5) is 5.82 Å². The molecule has 3 atom stereocenters. The van der Waals surface area contributed by atoms with Gasteiger partial charge in [-0.15, -0.1) is 0 Å². The molecule has 0 spiro atoms. The molecule has 1 aromatic carbocycles. The normalized spacial score (nSPS) is 27.1. The number of nitrogens with one attached hydrogen (secondary N) is 3. The number of fused-ring (bicyclic) bond motifs is 6. The number of aromatic nitrogens is 2. The Hall–Kier alpha value is -2.89. The van der Waals surface area contributed by atoms with E-state index >= 15 is 0 Å². The standard InChI is InChI=1S/C28H34N4O2/c33-25-11-4-3-6-17-12-19-7-1-2-8-20-14-22(15-23(17)27(19)20)24-16-26(30-29-24)31-32-28(34)21-10-5-9-18(25)13-21/h12,14-16,18-19,21H,1-11,13H2,(H,32,34)(H2,29,30,31). The van der Waals surface area contributed by atoms with Crippen molar-refractivity contribution in [2.45, 2.75) is 83.0 Å². The quantitative estimate of drug-likeness (QED) is 0.474. The summed E-state index contributed by atoms with van der Waals surface area (Å²) in [6, 6.07) is 6.63. The molecule has 1 aliphatic heterocycles. The van der Waals surface area contributed by atoms with Gasteiger partial charge in [0.1, 0.15) is 5.78 Å². The van der Waals surface area contributed by atoms with E-state index in [0.717, 1.165) is 56.2 Å². The number of Topliss-reactive ketones (excluding diaryl/α,β-unsaturated/α-hetero) is 1. The number of amides is 1. The van der Waals surface area contributed by atoms with Gasteiger partial charge in [0.15, 0.2) is 5.82 Å². The second-order valence-corrected chi connectivity index (χ2v) is 10.7. The number of allylic oxidation sites excluding steroid dienone is 2. The average Bonchev–Trinajstić information content (AvgIpc) is 3.41. The Balaban J connectivity index is 1.34. The molecule has 2 heterocycles. The van der Waals surface area contributed by atoms with Gasteiger partial charge < -0.3 is 0 Å². The fourth-order valence-corrected chi connectivity index (χ4v) is 6.62. The van der Waals surface area contributed by atoms with Crippen LogP contribution in [0.25, 0.3) is 16.8 Å². The minimum absolute atomic E-state index is 0.0270. The number of ketones is 1. The summed E-state index contributed by atoms with van der Waals surface area (Å²) in [6.07, 6.45) is 14.4. The van der Waals surface area contributed by atoms with Crippen molar-refractivity contribution >= 4 is 23.1 Å². The highest BCUT2D eigenvalue weighted by molar-refractivity contribution is 5.84. The number of carbonyl (C=O) groups is 2. The maximum atomic E-state index is 12.9. The summed E-state index contributed by atoms with van der Waals surface area (Å²) < 4.78 is 0. The summed E-state index contributed by atoms with van der Waals surface area (Å²) in [6.45, 7) is 0. The Labute approximate surface area is 200 Å². The van der Waals surface area contributed by atoms with Gasteiger partial charge in [0.2, 0.25) is 5.91 Å². The van der Waals surface area contributed by atoms with Gasteiger partial charge in [0.05, 0.1) is 5.69 Å². The first-order valence-corrected chi connectivity index (χ1v) is 13.2. The lowest BCUT2D eigenvalue weighted by atomic mass is 9.78. The van der Waals surface area contributed by atoms with Gasteiger partial charge in [-0.1, -0.05) is 18.9 Å². The molecule has 6 heteroatoms. The van der Waals surface area contributed by atoms with Crippen molar-refractivity contribution in [1.29, 1.82) is 0 Å². The van der Waals surface area contributed by atoms with E-state index in [2.05, 4.69) is 39.3 Å². The second kappa shape index (κ2) is 9.05. The van der Waals surface area contributed by atoms with Crippen LogP contribution >= 0.6 is 0 Å². The lowest BCUT2D eigenvalue weighted by Crippen LogP contribution is -2.38.